The summed E-state index contributed by atoms with van der Waals surface area (Å²) in [4.78, 5) is 14.7. The molecule has 0 amide bonds. The van der Waals surface area contributed by atoms with E-state index in [1.165, 1.54) is 5.56 Å². The molecule has 1 aromatic heterocycles. The van der Waals surface area contributed by atoms with E-state index in [1.54, 1.807) is 0 Å². The highest BCUT2D eigenvalue weighted by atomic mass is 16.4. The molecule has 0 radical (unpaired) electrons. The van der Waals surface area contributed by atoms with E-state index in [4.69, 9.17) is 9.52 Å². The van der Waals surface area contributed by atoms with Crippen molar-refractivity contribution in [3.8, 4) is 0 Å². The van der Waals surface area contributed by atoms with Crippen LogP contribution in [-0.2, 0) is 17.6 Å². The summed E-state index contributed by atoms with van der Waals surface area (Å²) in [7, 11) is 0. The predicted molar refractivity (Wildman–Crippen MR) is 59.3 cm³/mol. The zero-order valence-corrected chi connectivity index (χ0v) is 9.06. The number of rotatable bonds is 4. The summed E-state index contributed by atoms with van der Waals surface area (Å²) in [6, 6.07) is 5.85. The lowest BCUT2D eigenvalue weighted by atomic mass is 10.1. The van der Waals surface area contributed by atoms with Gasteiger partial charge in [-0.15, -0.1) is 0 Å². The van der Waals surface area contributed by atoms with Gasteiger partial charge in [0.1, 0.15) is 5.52 Å². The number of nitrogens with zero attached hydrogens (tertiary/aromatic N) is 1. The Bertz CT molecular complexity index is 516. The molecule has 0 atom stereocenters. The summed E-state index contributed by atoms with van der Waals surface area (Å²) in [6.45, 7) is 2.08. The Hall–Kier alpha value is -1.84. The molecule has 0 spiro atoms. The van der Waals surface area contributed by atoms with Crippen molar-refractivity contribution in [3.63, 3.8) is 0 Å². The fourth-order valence-corrected chi connectivity index (χ4v) is 1.56. The summed E-state index contributed by atoms with van der Waals surface area (Å²) in [5.41, 5.74) is 2.72. The Balaban J connectivity index is 2.25. The van der Waals surface area contributed by atoms with Gasteiger partial charge in [-0.3, -0.25) is 4.79 Å². The van der Waals surface area contributed by atoms with E-state index >= 15 is 0 Å². The quantitative estimate of drug-likeness (QED) is 0.857. The number of carboxylic acids is 1. The number of hydrogen-bond acceptors (Lipinski definition) is 3. The van der Waals surface area contributed by atoms with Crippen LogP contribution in [-0.4, -0.2) is 16.1 Å². The van der Waals surface area contributed by atoms with Crippen LogP contribution in [0.3, 0.4) is 0 Å². The number of aliphatic carboxylic acids is 1. The van der Waals surface area contributed by atoms with E-state index in [0.717, 1.165) is 17.5 Å². The molecule has 0 aliphatic heterocycles. The van der Waals surface area contributed by atoms with Crippen LogP contribution in [0.2, 0.25) is 0 Å². The molecular formula is C12H13NO3. The second-order valence-corrected chi connectivity index (χ2v) is 3.66. The van der Waals surface area contributed by atoms with Gasteiger partial charge in [-0.1, -0.05) is 13.0 Å². The third-order valence-electron chi connectivity index (χ3n) is 2.46. The molecule has 0 aliphatic rings. The highest BCUT2D eigenvalue weighted by Gasteiger charge is 2.07. The fraction of sp³-hybridized carbons (Fsp3) is 0.333. The molecule has 0 saturated heterocycles. The molecule has 4 heteroatoms. The fourth-order valence-electron chi connectivity index (χ4n) is 1.56. The topological polar surface area (TPSA) is 63.3 Å². The van der Waals surface area contributed by atoms with Crippen molar-refractivity contribution in [2.24, 2.45) is 0 Å². The molecule has 0 saturated carbocycles. The first-order valence-corrected chi connectivity index (χ1v) is 5.29. The monoisotopic (exact) mass is 219 g/mol. The first-order valence-electron chi connectivity index (χ1n) is 5.29. The number of aryl methyl sites for hydroxylation is 2. The second kappa shape index (κ2) is 4.35. The molecule has 1 N–H and O–H groups in total. The van der Waals surface area contributed by atoms with E-state index in [2.05, 4.69) is 11.9 Å². The Kier molecular flexibility index (Phi) is 2.90. The summed E-state index contributed by atoms with van der Waals surface area (Å²) in [6.07, 6.45) is 1.34. The molecule has 0 bridgehead atoms. The van der Waals surface area contributed by atoms with Crippen molar-refractivity contribution in [3.05, 3.63) is 29.7 Å². The van der Waals surface area contributed by atoms with Crippen molar-refractivity contribution in [1.82, 2.24) is 4.98 Å². The van der Waals surface area contributed by atoms with Gasteiger partial charge in [0.05, 0.1) is 6.42 Å². The Morgan fingerprint density at radius 1 is 1.50 bits per heavy atom. The summed E-state index contributed by atoms with van der Waals surface area (Å²) < 4.78 is 5.44. The molecule has 4 nitrogen and oxygen atoms in total. The molecule has 2 aromatic rings. The van der Waals surface area contributed by atoms with Gasteiger partial charge >= 0.3 is 5.97 Å². The van der Waals surface area contributed by atoms with Gasteiger partial charge in [-0.2, -0.15) is 0 Å². The van der Waals surface area contributed by atoms with Gasteiger partial charge in [-0.05, 0) is 24.1 Å². The van der Waals surface area contributed by atoms with Crippen LogP contribution in [0.25, 0.3) is 11.1 Å². The Morgan fingerprint density at radius 2 is 2.31 bits per heavy atom. The third kappa shape index (κ3) is 2.21. The van der Waals surface area contributed by atoms with Crippen LogP contribution in [0.5, 0.6) is 0 Å². The number of hydrogen-bond donors (Lipinski definition) is 1. The van der Waals surface area contributed by atoms with Crippen LogP contribution < -0.4 is 0 Å². The van der Waals surface area contributed by atoms with E-state index in [9.17, 15) is 4.79 Å². The molecule has 2 rings (SSSR count). The largest absolute Gasteiger partial charge is 0.481 e. The average molecular weight is 219 g/mol. The first-order chi connectivity index (χ1) is 7.69. The first kappa shape index (κ1) is 10.7. The predicted octanol–water partition coefficient (Wildman–Crippen LogP) is 2.41. The SMILES string of the molecule is CCc1ccc2oc(CCC(=O)O)nc2c1. The average Bonchev–Trinajstić information content (AvgIpc) is 2.67. The van der Waals surface area contributed by atoms with Crippen molar-refractivity contribution in [2.75, 3.05) is 0 Å². The van der Waals surface area contributed by atoms with Gasteiger partial charge in [0.15, 0.2) is 11.5 Å². The van der Waals surface area contributed by atoms with Crippen molar-refractivity contribution in [1.29, 1.82) is 0 Å². The number of oxazole rings is 1. The maximum Gasteiger partial charge on any atom is 0.303 e. The van der Waals surface area contributed by atoms with Crippen molar-refractivity contribution < 1.29 is 14.3 Å². The molecular weight excluding hydrogens is 206 g/mol. The molecule has 0 unspecified atom stereocenters. The number of fused-ring (bicyclic) bond motifs is 1. The van der Waals surface area contributed by atoms with E-state index in [-0.39, 0.29) is 6.42 Å². The molecule has 16 heavy (non-hydrogen) atoms. The number of aromatic nitrogens is 1. The number of carboxylic acid groups (broad SMARTS) is 1. The lowest BCUT2D eigenvalue weighted by Gasteiger charge is -1.92. The molecule has 1 heterocycles. The van der Waals surface area contributed by atoms with Gasteiger partial charge in [-0.25, -0.2) is 4.98 Å². The summed E-state index contributed by atoms with van der Waals surface area (Å²) in [5, 5.41) is 8.56. The van der Waals surface area contributed by atoms with Crippen LogP contribution in [0.4, 0.5) is 0 Å². The number of carbonyl (C=O) groups is 1. The maximum atomic E-state index is 10.4. The van der Waals surface area contributed by atoms with Crippen LogP contribution in [0.1, 0.15) is 24.8 Å². The standard InChI is InChI=1S/C12H13NO3/c1-2-8-3-4-10-9(7-8)13-11(16-10)5-6-12(14)15/h3-4,7H,2,5-6H2,1H3,(H,14,15). The van der Waals surface area contributed by atoms with Gasteiger partial charge in [0.25, 0.3) is 0 Å². The van der Waals surface area contributed by atoms with E-state index in [1.807, 2.05) is 18.2 Å². The number of benzene rings is 1. The smallest absolute Gasteiger partial charge is 0.303 e. The lowest BCUT2D eigenvalue weighted by molar-refractivity contribution is -0.137. The zero-order valence-electron chi connectivity index (χ0n) is 9.06. The van der Waals surface area contributed by atoms with Crippen LogP contribution in [0, 0.1) is 0 Å². The van der Waals surface area contributed by atoms with Crippen LogP contribution in [0.15, 0.2) is 22.6 Å². The summed E-state index contributed by atoms with van der Waals surface area (Å²) in [5.74, 6) is -0.345. The minimum atomic E-state index is -0.837. The van der Waals surface area contributed by atoms with E-state index < -0.39 is 5.97 Å². The highest BCUT2D eigenvalue weighted by Crippen LogP contribution is 2.18. The lowest BCUT2D eigenvalue weighted by Crippen LogP contribution is -1.97. The van der Waals surface area contributed by atoms with E-state index in [0.29, 0.717) is 12.3 Å². The molecule has 0 aliphatic carbocycles. The van der Waals surface area contributed by atoms with Crippen LogP contribution >= 0.6 is 0 Å². The normalized spacial score (nSPS) is 10.8. The second-order valence-electron chi connectivity index (χ2n) is 3.66. The molecule has 1 aromatic carbocycles. The Labute approximate surface area is 92.9 Å². The van der Waals surface area contributed by atoms with Crippen molar-refractivity contribution in [2.45, 2.75) is 26.2 Å². The highest BCUT2D eigenvalue weighted by molar-refractivity contribution is 5.73. The molecule has 84 valence electrons. The minimum absolute atomic E-state index is 0.0491. The Morgan fingerprint density at radius 3 is 3.00 bits per heavy atom. The zero-order chi connectivity index (χ0) is 11.5. The third-order valence-corrected chi connectivity index (χ3v) is 2.46. The van der Waals surface area contributed by atoms with Gasteiger partial charge in [0, 0.05) is 6.42 Å². The minimum Gasteiger partial charge on any atom is -0.481 e. The van der Waals surface area contributed by atoms with Gasteiger partial charge < -0.3 is 9.52 Å². The van der Waals surface area contributed by atoms with Gasteiger partial charge in [0.2, 0.25) is 0 Å². The summed E-state index contributed by atoms with van der Waals surface area (Å²) >= 11 is 0. The molecule has 0 fully saturated rings. The van der Waals surface area contributed by atoms with Crippen molar-refractivity contribution >= 4 is 17.1 Å². The maximum absolute atomic E-state index is 10.4.